The molecule has 0 amide bonds. The predicted octanol–water partition coefficient (Wildman–Crippen LogP) is 0.856. The lowest BCUT2D eigenvalue weighted by Crippen LogP contribution is -2.51. The standard InChI is InChI=1S/C13H20N2O2/c1-17-13-4-2-12(3-5-13)15-8-7-14-11(10-15)6-9-16/h2-5,11,14,16H,6-10H2,1H3. The third-order valence-electron chi connectivity index (χ3n) is 3.17. The Morgan fingerprint density at radius 3 is 2.82 bits per heavy atom. The quantitative estimate of drug-likeness (QED) is 0.813. The van der Waals surface area contributed by atoms with Gasteiger partial charge in [0.2, 0.25) is 0 Å². The maximum atomic E-state index is 8.97. The molecule has 1 saturated heterocycles. The minimum Gasteiger partial charge on any atom is -0.497 e. The topological polar surface area (TPSA) is 44.7 Å². The third-order valence-corrected chi connectivity index (χ3v) is 3.17. The van der Waals surface area contributed by atoms with Gasteiger partial charge in [-0.1, -0.05) is 0 Å². The first-order chi connectivity index (χ1) is 8.33. The second kappa shape index (κ2) is 5.89. The van der Waals surface area contributed by atoms with Crippen LogP contribution < -0.4 is 15.0 Å². The molecule has 0 saturated carbocycles. The number of methoxy groups -OCH3 is 1. The van der Waals surface area contributed by atoms with Crippen LogP contribution in [0.4, 0.5) is 5.69 Å². The molecular weight excluding hydrogens is 216 g/mol. The minimum atomic E-state index is 0.244. The van der Waals surface area contributed by atoms with Crippen molar-refractivity contribution >= 4 is 5.69 Å². The van der Waals surface area contributed by atoms with Gasteiger partial charge in [0.25, 0.3) is 0 Å². The van der Waals surface area contributed by atoms with Crippen molar-refractivity contribution in [1.82, 2.24) is 5.32 Å². The molecule has 0 bridgehead atoms. The summed E-state index contributed by atoms with van der Waals surface area (Å²) in [6.07, 6.45) is 0.812. The number of aliphatic hydroxyl groups excluding tert-OH is 1. The molecule has 1 unspecified atom stereocenters. The van der Waals surface area contributed by atoms with E-state index in [0.29, 0.717) is 6.04 Å². The van der Waals surface area contributed by atoms with Crippen LogP contribution in [0.3, 0.4) is 0 Å². The molecule has 4 heteroatoms. The highest BCUT2D eigenvalue weighted by molar-refractivity contribution is 5.49. The Hall–Kier alpha value is -1.26. The van der Waals surface area contributed by atoms with Crippen LogP contribution in [0.5, 0.6) is 5.75 Å². The number of nitrogens with zero attached hydrogens (tertiary/aromatic N) is 1. The van der Waals surface area contributed by atoms with Crippen molar-refractivity contribution in [3.63, 3.8) is 0 Å². The molecule has 1 fully saturated rings. The minimum absolute atomic E-state index is 0.244. The number of ether oxygens (including phenoxy) is 1. The van der Waals surface area contributed by atoms with Gasteiger partial charge in [0.15, 0.2) is 0 Å². The fourth-order valence-electron chi connectivity index (χ4n) is 2.20. The molecule has 2 rings (SSSR count). The van der Waals surface area contributed by atoms with Gasteiger partial charge in [-0.2, -0.15) is 0 Å². The number of nitrogens with one attached hydrogen (secondary N) is 1. The SMILES string of the molecule is COc1ccc(N2CCNC(CCO)C2)cc1. The zero-order valence-corrected chi connectivity index (χ0v) is 10.2. The molecule has 1 atom stereocenters. The Labute approximate surface area is 102 Å². The van der Waals surface area contributed by atoms with Gasteiger partial charge >= 0.3 is 0 Å². The molecule has 94 valence electrons. The highest BCUT2D eigenvalue weighted by atomic mass is 16.5. The van der Waals surface area contributed by atoms with Crippen molar-refractivity contribution in [2.24, 2.45) is 0 Å². The Bertz CT molecular complexity index is 338. The number of aliphatic hydroxyl groups is 1. The molecule has 1 aromatic rings. The smallest absolute Gasteiger partial charge is 0.119 e. The summed E-state index contributed by atoms with van der Waals surface area (Å²) in [5, 5.41) is 12.4. The van der Waals surface area contributed by atoms with Crippen LogP contribution in [0, 0.1) is 0 Å². The van der Waals surface area contributed by atoms with E-state index in [9.17, 15) is 0 Å². The summed E-state index contributed by atoms with van der Waals surface area (Å²) in [5.41, 5.74) is 1.22. The van der Waals surface area contributed by atoms with E-state index in [0.717, 1.165) is 31.8 Å². The zero-order valence-electron chi connectivity index (χ0n) is 10.2. The molecule has 1 aromatic carbocycles. The van der Waals surface area contributed by atoms with Crippen LogP contribution in [-0.4, -0.2) is 44.5 Å². The fraction of sp³-hybridized carbons (Fsp3) is 0.538. The van der Waals surface area contributed by atoms with Gasteiger partial charge in [-0.3, -0.25) is 0 Å². The van der Waals surface area contributed by atoms with Crippen molar-refractivity contribution < 1.29 is 9.84 Å². The Morgan fingerprint density at radius 2 is 2.18 bits per heavy atom. The normalized spacial score (nSPS) is 20.4. The highest BCUT2D eigenvalue weighted by Crippen LogP contribution is 2.20. The number of rotatable bonds is 4. The first-order valence-corrected chi connectivity index (χ1v) is 6.06. The molecule has 1 heterocycles. The number of piperazine rings is 1. The molecule has 0 aliphatic carbocycles. The van der Waals surface area contributed by atoms with Crippen molar-refractivity contribution in [3.8, 4) is 5.75 Å². The largest absolute Gasteiger partial charge is 0.497 e. The number of anilines is 1. The summed E-state index contributed by atoms with van der Waals surface area (Å²) in [4.78, 5) is 2.34. The lowest BCUT2D eigenvalue weighted by Gasteiger charge is -2.35. The van der Waals surface area contributed by atoms with Crippen LogP contribution in [0.1, 0.15) is 6.42 Å². The van der Waals surface area contributed by atoms with E-state index in [-0.39, 0.29) is 6.61 Å². The van der Waals surface area contributed by atoms with Gasteiger partial charge in [-0.15, -0.1) is 0 Å². The molecule has 4 nitrogen and oxygen atoms in total. The first-order valence-electron chi connectivity index (χ1n) is 6.06. The second-order valence-electron chi connectivity index (χ2n) is 4.31. The van der Waals surface area contributed by atoms with Gasteiger partial charge in [0.05, 0.1) is 7.11 Å². The molecule has 0 aromatic heterocycles. The van der Waals surface area contributed by atoms with Crippen molar-refractivity contribution in [1.29, 1.82) is 0 Å². The summed E-state index contributed by atoms with van der Waals surface area (Å²) in [6.45, 7) is 3.17. The molecular formula is C13H20N2O2. The monoisotopic (exact) mass is 236 g/mol. The van der Waals surface area contributed by atoms with Gasteiger partial charge in [-0.05, 0) is 30.7 Å². The van der Waals surface area contributed by atoms with Crippen LogP contribution in [0.25, 0.3) is 0 Å². The molecule has 0 radical (unpaired) electrons. The summed E-state index contributed by atoms with van der Waals surface area (Å²) in [7, 11) is 1.68. The second-order valence-corrected chi connectivity index (χ2v) is 4.31. The molecule has 2 N–H and O–H groups in total. The number of hydrogen-bond acceptors (Lipinski definition) is 4. The van der Waals surface area contributed by atoms with Gasteiger partial charge in [0.1, 0.15) is 5.75 Å². The summed E-state index contributed by atoms with van der Waals surface area (Å²) in [6, 6.07) is 8.52. The molecule has 17 heavy (non-hydrogen) atoms. The Morgan fingerprint density at radius 1 is 1.41 bits per heavy atom. The average molecular weight is 236 g/mol. The lowest BCUT2D eigenvalue weighted by atomic mass is 10.1. The Kier molecular flexibility index (Phi) is 4.23. The van der Waals surface area contributed by atoms with Gasteiger partial charge in [-0.25, -0.2) is 0 Å². The Balaban J connectivity index is 2.00. The molecule has 1 aliphatic rings. The molecule has 0 spiro atoms. The fourth-order valence-corrected chi connectivity index (χ4v) is 2.20. The van der Waals surface area contributed by atoms with Crippen molar-refractivity contribution in [2.75, 3.05) is 38.3 Å². The maximum Gasteiger partial charge on any atom is 0.119 e. The van der Waals surface area contributed by atoms with E-state index in [1.165, 1.54) is 5.69 Å². The van der Waals surface area contributed by atoms with E-state index >= 15 is 0 Å². The summed E-state index contributed by atoms with van der Waals surface area (Å²) < 4.78 is 5.15. The van der Waals surface area contributed by atoms with Crippen molar-refractivity contribution in [2.45, 2.75) is 12.5 Å². The third kappa shape index (κ3) is 3.11. The summed E-state index contributed by atoms with van der Waals surface area (Å²) >= 11 is 0. The van der Waals surface area contributed by atoms with E-state index in [2.05, 4.69) is 22.3 Å². The van der Waals surface area contributed by atoms with Crippen LogP contribution in [-0.2, 0) is 0 Å². The van der Waals surface area contributed by atoms with Crippen LogP contribution in [0.2, 0.25) is 0 Å². The zero-order chi connectivity index (χ0) is 12.1. The summed E-state index contributed by atoms with van der Waals surface area (Å²) in [5.74, 6) is 0.885. The van der Waals surface area contributed by atoms with Crippen molar-refractivity contribution in [3.05, 3.63) is 24.3 Å². The first kappa shape index (κ1) is 12.2. The molecule has 1 aliphatic heterocycles. The van der Waals surface area contributed by atoms with Crippen LogP contribution in [0.15, 0.2) is 24.3 Å². The van der Waals surface area contributed by atoms with E-state index < -0.39 is 0 Å². The number of hydrogen-bond donors (Lipinski definition) is 2. The van der Waals surface area contributed by atoms with E-state index in [4.69, 9.17) is 9.84 Å². The average Bonchev–Trinajstić information content (AvgIpc) is 2.40. The van der Waals surface area contributed by atoms with Gasteiger partial charge < -0.3 is 20.1 Å². The van der Waals surface area contributed by atoms with Gasteiger partial charge in [0, 0.05) is 38.0 Å². The van der Waals surface area contributed by atoms with Crippen LogP contribution >= 0.6 is 0 Å². The highest BCUT2D eigenvalue weighted by Gasteiger charge is 2.18. The van der Waals surface area contributed by atoms with E-state index in [1.807, 2.05) is 12.1 Å². The maximum absolute atomic E-state index is 8.97. The lowest BCUT2D eigenvalue weighted by molar-refractivity contribution is 0.260. The predicted molar refractivity (Wildman–Crippen MR) is 68.7 cm³/mol. The van der Waals surface area contributed by atoms with E-state index in [1.54, 1.807) is 7.11 Å². The number of benzene rings is 1.